The Morgan fingerprint density at radius 2 is 2.11 bits per heavy atom. The molecule has 0 saturated heterocycles. The molecular formula is C11H19N3O3S2. The average Bonchev–Trinajstić information content (AvgIpc) is 2.94. The first kappa shape index (κ1) is 14.5. The van der Waals surface area contributed by atoms with Crippen molar-refractivity contribution in [3.63, 3.8) is 0 Å². The molecule has 4 N–H and O–H groups in total. The lowest BCUT2D eigenvalue weighted by Gasteiger charge is -2.22. The Morgan fingerprint density at radius 1 is 1.47 bits per heavy atom. The predicted molar refractivity (Wildman–Crippen MR) is 76.2 cm³/mol. The average molecular weight is 305 g/mol. The van der Waals surface area contributed by atoms with Crippen LogP contribution in [0.25, 0.3) is 0 Å². The van der Waals surface area contributed by atoms with E-state index in [-0.39, 0.29) is 16.5 Å². The van der Waals surface area contributed by atoms with E-state index in [4.69, 9.17) is 5.73 Å². The lowest BCUT2D eigenvalue weighted by atomic mass is 10.0. The Hall–Kier alpha value is -0.860. The molecule has 0 spiro atoms. The van der Waals surface area contributed by atoms with Gasteiger partial charge in [0.05, 0.1) is 11.4 Å². The standard InChI is InChI=1S/C11H19N3O3S2/c1-2-19(16,17)8-9(12)14-18-10(8)13-7-11(15)5-3-4-6-11/h13,15H,2-7H2,1H3,(H2,12,14). The van der Waals surface area contributed by atoms with Crippen LogP contribution in [0.15, 0.2) is 4.90 Å². The van der Waals surface area contributed by atoms with Gasteiger partial charge in [0, 0.05) is 6.54 Å². The van der Waals surface area contributed by atoms with Crippen molar-refractivity contribution in [1.82, 2.24) is 4.37 Å². The topological polar surface area (TPSA) is 105 Å². The molecule has 0 amide bonds. The van der Waals surface area contributed by atoms with Crippen molar-refractivity contribution in [2.75, 3.05) is 23.3 Å². The van der Waals surface area contributed by atoms with Crippen LogP contribution in [0, 0.1) is 0 Å². The van der Waals surface area contributed by atoms with Gasteiger partial charge in [0.1, 0.15) is 9.90 Å². The second-order valence-electron chi connectivity index (χ2n) is 4.91. The summed E-state index contributed by atoms with van der Waals surface area (Å²) in [6.07, 6.45) is 3.49. The van der Waals surface area contributed by atoms with E-state index in [9.17, 15) is 13.5 Å². The molecule has 0 unspecified atom stereocenters. The van der Waals surface area contributed by atoms with Gasteiger partial charge < -0.3 is 16.2 Å². The molecule has 19 heavy (non-hydrogen) atoms. The van der Waals surface area contributed by atoms with Gasteiger partial charge in [0.15, 0.2) is 15.7 Å². The number of anilines is 2. The van der Waals surface area contributed by atoms with Crippen LogP contribution in [0.3, 0.4) is 0 Å². The van der Waals surface area contributed by atoms with Crippen molar-refractivity contribution in [3.8, 4) is 0 Å². The Bertz CT molecular complexity index is 548. The highest BCUT2D eigenvalue weighted by Crippen LogP contribution is 2.34. The van der Waals surface area contributed by atoms with E-state index in [1.54, 1.807) is 6.92 Å². The molecule has 0 aromatic carbocycles. The zero-order chi connectivity index (χ0) is 14.1. The van der Waals surface area contributed by atoms with Crippen LogP contribution in [0.2, 0.25) is 0 Å². The van der Waals surface area contributed by atoms with Gasteiger partial charge in [-0.3, -0.25) is 0 Å². The van der Waals surface area contributed by atoms with E-state index in [1.165, 1.54) is 0 Å². The maximum Gasteiger partial charge on any atom is 0.184 e. The number of nitrogens with two attached hydrogens (primary N) is 1. The van der Waals surface area contributed by atoms with Crippen molar-refractivity contribution in [2.45, 2.75) is 43.1 Å². The second kappa shape index (κ2) is 5.26. The summed E-state index contributed by atoms with van der Waals surface area (Å²) in [5.74, 6) is 0.0157. The van der Waals surface area contributed by atoms with E-state index in [2.05, 4.69) is 9.69 Å². The maximum atomic E-state index is 12.0. The lowest BCUT2D eigenvalue weighted by Crippen LogP contribution is -2.33. The van der Waals surface area contributed by atoms with Gasteiger partial charge in [-0.1, -0.05) is 19.8 Å². The number of rotatable bonds is 5. The molecule has 0 radical (unpaired) electrons. The molecule has 0 aliphatic heterocycles. The van der Waals surface area contributed by atoms with Crippen LogP contribution in [0.5, 0.6) is 0 Å². The van der Waals surface area contributed by atoms with E-state index < -0.39 is 15.4 Å². The number of nitrogens with one attached hydrogen (secondary N) is 1. The number of nitrogens with zero attached hydrogens (tertiary/aromatic N) is 1. The highest BCUT2D eigenvalue weighted by molar-refractivity contribution is 7.91. The van der Waals surface area contributed by atoms with Crippen molar-refractivity contribution < 1.29 is 13.5 Å². The van der Waals surface area contributed by atoms with Gasteiger partial charge in [0.2, 0.25) is 0 Å². The molecule has 108 valence electrons. The van der Waals surface area contributed by atoms with Gasteiger partial charge in [0.25, 0.3) is 0 Å². The molecule has 0 atom stereocenters. The van der Waals surface area contributed by atoms with E-state index >= 15 is 0 Å². The first-order valence-corrected chi connectivity index (χ1v) is 8.75. The van der Waals surface area contributed by atoms with Crippen LogP contribution in [0.4, 0.5) is 10.8 Å². The molecule has 1 aromatic rings. The van der Waals surface area contributed by atoms with Gasteiger partial charge in [-0.2, -0.15) is 4.37 Å². The zero-order valence-corrected chi connectivity index (χ0v) is 12.5. The molecule has 8 heteroatoms. The summed E-state index contributed by atoms with van der Waals surface area (Å²) in [5.41, 5.74) is 4.89. The first-order chi connectivity index (χ1) is 8.88. The third-order valence-corrected chi connectivity index (χ3v) is 6.22. The van der Waals surface area contributed by atoms with Gasteiger partial charge in [-0.05, 0) is 24.4 Å². The Labute approximate surface area is 117 Å². The molecule has 1 aliphatic rings. The lowest BCUT2D eigenvalue weighted by molar-refractivity contribution is 0.0615. The Kier molecular flexibility index (Phi) is 4.03. The van der Waals surface area contributed by atoms with Crippen molar-refractivity contribution in [3.05, 3.63) is 0 Å². The van der Waals surface area contributed by atoms with Crippen molar-refractivity contribution >= 4 is 32.2 Å². The SMILES string of the molecule is CCS(=O)(=O)c1c(N)nsc1NCC1(O)CCCC1. The third-order valence-electron chi connectivity index (χ3n) is 3.48. The third kappa shape index (κ3) is 3.01. The smallest absolute Gasteiger partial charge is 0.184 e. The van der Waals surface area contributed by atoms with Crippen molar-refractivity contribution in [2.24, 2.45) is 0 Å². The molecule has 1 aliphatic carbocycles. The largest absolute Gasteiger partial charge is 0.388 e. The summed E-state index contributed by atoms with van der Waals surface area (Å²) in [5, 5.41) is 13.7. The van der Waals surface area contributed by atoms with Crippen LogP contribution < -0.4 is 11.1 Å². The number of aromatic nitrogens is 1. The van der Waals surface area contributed by atoms with Gasteiger partial charge in [-0.25, -0.2) is 8.42 Å². The quantitative estimate of drug-likeness (QED) is 0.756. The molecule has 6 nitrogen and oxygen atoms in total. The summed E-state index contributed by atoms with van der Waals surface area (Å²) < 4.78 is 27.8. The summed E-state index contributed by atoms with van der Waals surface area (Å²) in [6.45, 7) is 1.90. The molecule has 1 aromatic heterocycles. The Balaban J connectivity index is 2.18. The fourth-order valence-corrected chi connectivity index (χ4v) is 4.47. The first-order valence-electron chi connectivity index (χ1n) is 6.32. The minimum Gasteiger partial charge on any atom is -0.388 e. The van der Waals surface area contributed by atoms with E-state index in [0.717, 1.165) is 37.2 Å². The zero-order valence-electron chi connectivity index (χ0n) is 10.8. The normalized spacial score (nSPS) is 18.6. The molecule has 2 rings (SSSR count). The fourth-order valence-electron chi connectivity index (χ4n) is 2.31. The predicted octanol–water partition coefficient (Wildman–Crippen LogP) is 1.24. The molecule has 1 saturated carbocycles. The molecule has 1 fully saturated rings. The van der Waals surface area contributed by atoms with Crippen molar-refractivity contribution in [1.29, 1.82) is 0 Å². The molecule has 0 bridgehead atoms. The maximum absolute atomic E-state index is 12.0. The van der Waals surface area contributed by atoms with Gasteiger partial charge in [-0.15, -0.1) is 0 Å². The number of nitrogen functional groups attached to an aromatic ring is 1. The van der Waals surface area contributed by atoms with E-state index in [1.807, 2.05) is 0 Å². The number of sulfone groups is 1. The second-order valence-corrected chi connectivity index (χ2v) is 7.90. The minimum absolute atomic E-state index is 0.0193. The number of hydrogen-bond acceptors (Lipinski definition) is 7. The summed E-state index contributed by atoms with van der Waals surface area (Å²) in [6, 6.07) is 0. The minimum atomic E-state index is -3.40. The summed E-state index contributed by atoms with van der Waals surface area (Å²) >= 11 is 1.02. The highest BCUT2D eigenvalue weighted by Gasteiger charge is 2.32. The Morgan fingerprint density at radius 3 is 2.68 bits per heavy atom. The highest BCUT2D eigenvalue weighted by atomic mass is 32.2. The molecule has 1 heterocycles. The van der Waals surface area contributed by atoms with Crippen LogP contribution in [-0.4, -0.2) is 35.8 Å². The molecular weight excluding hydrogens is 286 g/mol. The summed E-state index contributed by atoms with van der Waals surface area (Å²) in [4.78, 5) is 0.0709. The van der Waals surface area contributed by atoms with Crippen LogP contribution in [0.1, 0.15) is 32.6 Å². The fraction of sp³-hybridized carbons (Fsp3) is 0.727. The van der Waals surface area contributed by atoms with Gasteiger partial charge >= 0.3 is 0 Å². The summed E-state index contributed by atoms with van der Waals surface area (Å²) in [7, 11) is -3.40. The van der Waals surface area contributed by atoms with E-state index in [0.29, 0.717) is 11.5 Å². The number of aliphatic hydroxyl groups is 1. The van der Waals surface area contributed by atoms with Crippen LogP contribution >= 0.6 is 11.5 Å². The monoisotopic (exact) mass is 305 g/mol. The van der Waals surface area contributed by atoms with Crippen LogP contribution in [-0.2, 0) is 9.84 Å². The number of hydrogen-bond donors (Lipinski definition) is 3.